The van der Waals surface area contributed by atoms with Crippen LogP contribution >= 0.6 is 0 Å². The second-order valence-corrected chi connectivity index (χ2v) is 6.45. The average Bonchev–Trinajstić information content (AvgIpc) is 3.19. The molecule has 134 valence electrons. The Morgan fingerprint density at radius 3 is 2.85 bits per heavy atom. The van der Waals surface area contributed by atoms with Gasteiger partial charge in [0.2, 0.25) is 5.89 Å². The molecule has 1 unspecified atom stereocenters. The zero-order chi connectivity index (χ0) is 17.8. The summed E-state index contributed by atoms with van der Waals surface area (Å²) in [7, 11) is 1.71. The first kappa shape index (κ1) is 16.7. The smallest absolute Gasteiger partial charge is 0.266 e. The lowest BCUT2D eigenvalue weighted by atomic mass is 10.0. The van der Waals surface area contributed by atoms with E-state index in [4.69, 9.17) is 9.15 Å². The molecule has 6 nitrogen and oxygen atoms in total. The summed E-state index contributed by atoms with van der Waals surface area (Å²) >= 11 is 0. The number of likely N-dealkylation sites (tertiary alicyclic amines) is 1. The highest BCUT2D eigenvalue weighted by Gasteiger charge is 2.29. The van der Waals surface area contributed by atoms with Crippen LogP contribution in [0.15, 0.2) is 53.1 Å². The van der Waals surface area contributed by atoms with Gasteiger partial charge in [-0.05, 0) is 37.6 Å². The second-order valence-electron chi connectivity index (χ2n) is 6.45. The number of nitrogens with zero attached hydrogens (tertiary/aromatic N) is 4. The van der Waals surface area contributed by atoms with Gasteiger partial charge in [0.25, 0.3) is 5.89 Å². The molecule has 1 saturated heterocycles. The van der Waals surface area contributed by atoms with Crippen molar-refractivity contribution < 1.29 is 9.15 Å². The number of para-hydroxylation sites is 1. The molecular formula is C20H22N4O2. The van der Waals surface area contributed by atoms with Crippen LogP contribution in [-0.2, 0) is 6.54 Å². The molecule has 1 fully saturated rings. The molecule has 0 radical (unpaired) electrons. The van der Waals surface area contributed by atoms with Crippen molar-refractivity contribution in [2.75, 3.05) is 13.7 Å². The number of aromatic nitrogens is 3. The fourth-order valence-electron chi connectivity index (χ4n) is 3.47. The van der Waals surface area contributed by atoms with Crippen molar-refractivity contribution in [3.05, 3.63) is 60.1 Å². The molecule has 1 aromatic carbocycles. The van der Waals surface area contributed by atoms with Crippen LogP contribution in [0, 0.1) is 0 Å². The fraction of sp³-hybridized carbons (Fsp3) is 0.350. The minimum absolute atomic E-state index is 0.124. The minimum atomic E-state index is 0.124. The Hall–Kier alpha value is -2.73. The Labute approximate surface area is 152 Å². The normalized spacial score (nSPS) is 18.0. The van der Waals surface area contributed by atoms with Crippen LogP contribution in [0.25, 0.3) is 11.6 Å². The quantitative estimate of drug-likeness (QED) is 0.696. The van der Waals surface area contributed by atoms with Crippen LogP contribution in [0.3, 0.4) is 0 Å². The van der Waals surface area contributed by atoms with E-state index in [0.29, 0.717) is 17.5 Å². The molecule has 3 aromatic rings. The summed E-state index contributed by atoms with van der Waals surface area (Å²) in [5, 5.41) is 8.53. The predicted octanol–water partition coefficient (Wildman–Crippen LogP) is 3.87. The van der Waals surface area contributed by atoms with Gasteiger partial charge in [0, 0.05) is 18.3 Å². The van der Waals surface area contributed by atoms with E-state index in [2.05, 4.69) is 26.1 Å². The summed E-state index contributed by atoms with van der Waals surface area (Å²) in [5.41, 5.74) is 1.88. The van der Waals surface area contributed by atoms with Crippen LogP contribution in [0.1, 0.15) is 36.8 Å². The zero-order valence-corrected chi connectivity index (χ0v) is 14.8. The van der Waals surface area contributed by atoms with Gasteiger partial charge in [-0.15, -0.1) is 10.2 Å². The van der Waals surface area contributed by atoms with E-state index in [-0.39, 0.29) is 6.04 Å². The van der Waals surface area contributed by atoms with E-state index < -0.39 is 0 Å². The molecule has 0 aliphatic carbocycles. The maximum Gasteiger partial charge on any atom is 0.266 e. The molecule has 1 aliphatic heterocycles. The van der Waals surface area contributed by atoms with Gasteiger partial charge in [0.15, 0.2) is 0 Å². The number of piperidine rings is 1. The summed E-state index contributed by atoms with van der Waals surface area (Å²) in [5.74, 6) is 2.06. The van der Waals surface area contributed by atoms with Gasteiger partial charge >= 0.3 is 0 Å². The Morgan fingerprint density at radius 2 is 2.00 bits per heavy atom. The van der Waals surface area contributed by atoms with Gasteiger partial charge in [-0.2, -0.15) is 0 Å². The number of hydrogen-bond donors (Lipinski definition) is 0. The van der Waals surface area contributed by atoms with E-state index in [1.54, 1.807) is 13.3 Å². The van der Waals surface area contributed by atoms with Gasteiger partial charge in [0.05, 0.1) is 13.2 Å². The minimum Gasteiger partial charge on any atom is -0.496 e. The molecule has 26 heavy (non-hydrogen) atoms. The van der Waals surface area contributed by atoms with Gasteiger partial charge < -0.3 is 9.15 Å². The Kier molecular flexibility index (Phi) is 4.93. The third kappa shape index (κ3) is 3.46. The second kappa shape index (κ2) is 7.66. The van der Waals surface area contributed by atoms with Crippen molar-refractivity contribution in [2.24, 2.45) is 0 Å². The predicted molar refractivity (Wildman–Crippen MR) is 97.5 cm³/mol. The number of hydrogen-bond acceptors (Lipinski definition) is 6. The van der Waals surface area contributed by atoms with E-state index in [9.17, 15) is 0 Å². The highest BCUT2D eigenvalue weighted by atomic mass is 16.5. The molecule has 0 amide bonds. The molecule has 6 heteroatoms. The van der Waals surface area contributed by atoms with Crippen molar-refractivity contribution >= 4 is 0 Å². The summed E-state index contributed by atoms with van der Waals surface area (Å²) in [6, 6.07) is 13.9. The monoisotopic (exact) mass is 350 g/mol. The third-order valence-corrected chi connectivity index (χ3v) is 4.79. The SMILES string of the molecule is COc1ccccc1CN1CCCCC1c1nnc(-c2ccccn2)o1. The van der Waals surface area contributed by atoms with Crippen molar-refractivity contribution in [1.82, 2.24) is 20.1 Å². The average molecular weight is 350 g/mol. The molecule has 4 rings (SSSR count). The van der Waals surface area contributed by atoms with Gasteiger partial charge in [-0.3, -0.25) is 9.88 Å². The van der Waals surface area contributed by atoms with E-state index in [1.165, 1.54) is 12.0 Å². The molecule has 1 aliphatic rings. The van der Waals surface area contributed by atoms with Crippen molar-refractivity contribution in [1.29, 1.82) is 0 Å². The fourth-order valence-corrected chi connectivity index (χ4v) is 3.47. The first-order valence-corrected chi connectivity index (χ1v) is 8.96. The Balaban J connectivity index is 1.57. The van der Waals surface area contributed by atoms with Crippen molar-refractivity contribution in [3.8, 4) is 17.3 Å². The van der Waals surface area contributed by atoms with E-state index in [1.807, 2.05) is 36.4 Å². The number of benzene rings is 1. The lowest BCUT2D eigenvalue weighted by Gasteiger charge is -2.33. The molecule has 2 aromatic heterocycles. The first-order chi connectivity index (χ1) is 12.8. The van der Waals surface area contributed by atoms with Crippen molar-refractivity contribution in [2.45, 2.75) is 31.8 Å². The van der Waals surface area contributed by atoms with Crippen LogP contribution in [-0.4, -0.2) is 33.7 Å². The van der Waals surface area contributed by atoms with Gasteiger partial charge in [0.1, 0.15) is 11.4 Å². The summed E-state index contributed by atoms with van der Waals surface area (Å²) in [4.78, 5) is 6.69. The standard InChI is InChI=1S/C20H22N4O2/c1-25-18-11-3-2-8-15(18)14-24-13-7-5-10-17(24)20-23-22-19(26-20)16-9-4-6-12-21-16/h2-4,6,8-9,11-12,17H,5,7,10,13-14H2,1H3. The number of methoxy groups -OCH3 is 1. The molecule has 3 heterocycles. The summed E-state index contributed by atoms with van der Waals surface area (Å²) < 4.78 is 11.5. The van der Waals surface area contributed by atoms with Crippen LogP contribution in [0.2, 0.25) is 0 Å². The molecular weight excluding hydrogens is 328 g/mol. The lowest BCUT2D eigenvalue weighted by molar-refractivity contribution is 0.117. The summed E-state index contributed by atoms with van der Waals surface area (Å²) in [6.07, 6.45) is 5.08. The highest BCUT2D eigenvalue weighted by Crippen LogP contribution is 2.33. The van der Waals surface area contributed by atoms with Gasteiger partial charge in [-0.1, -0.05) is 30.7 Å². The molecule has 0 spiro atoms. The lowest BCUT2D eigenvalue weighted by Crippen LogP contribution is -2.33. The molecule has 0 bridgehead atoms. The molecule has 0 saturated carbocycles. The van der Waals surface area contributed by atoms with E-state index in [0.717, 1.165) is 31.7 Å². The third-order valence-electron chi connectivity index (χ3n) is 4.79. The maximum absolute atomic E-state index is 5.98. The molecule has 0 N–H and O–H groups in total. The topological polar surface area (TPSA) is 64.3 Å². The van der Waals surface area contributed by atoms with Crippen LogP contribution in [0.5, 0.6) is 5.75 Å². The number of ether oxygens (including phenoxy) is 1. The van der Waals surface area contributed by atoms with E-state index >= 15 is 0 Å². The zero-order valence-electron chi connectivity index (χ0n) is 14.8. The van der Waals surface area contributed by atoms with Crippen LogP contribution in [0.4, 0.5) is 0 Å². The summed E-state index contributed by atoms with van der Waals surface area (Å²) in [6.45, 7) is 1.81. The Morgan fingerprint density at radius 1 is 1.12 bits per heavy atom. The highest BCUT2D eigenvalue weighted by molar-refractivity contribution is 5.45. The van der Waals surface area contributed by atoms with Crippen molar-refractivity contribution in [3.63, 3.8) is 0 Å². The largest absolute Gasteiger partial charge is 0.496 e. The molecule has 1 atom stereocenters. The Bertz CT molecular complexity index is 850. The number of rotatable bonds is 5. The first-order valence-electron chi connectivity index (χ1n) is 8.96. The van der Waals surface area contributed by atoms with Gasteiger partial charge in [-0.25, -0.2) is 0 Å². The maximum atomic E-state index is 5.98. The number of pyridine rings is 1. The van der Waals surface area contributed by atoms with Crippen LogP contribution < -0.4 is 4.74 Å².